The average molecular weight is 282 g/mol. The molecule has 0 N–H and O–H groups in total. The molecule has 2 aliphatic heterocycles. The van der Waals surface area contributed by atoms with Crippen molar-refractivity contribution in [2.45, 2.75) is 38.1 Å². The van der Waals surface area contributed by atoms with E-state index in [2.05, 4.69) is 29.0 Å². The van der Waals surface area contributed by atoms with Gasteiger partial charge in [-0.15, -0.1) is 0 Å². The van der Waals surface area contributed by atoms with Gasteiger partial charge in [0, 0.05) is 24.8 Å². The SMILES string of the molecule is CN1CC[C@@H]2CN(c3nc4c(cc3C#N)CCCC4)C[C@@H]21. The highest BCUT2D eigenvalue weighted by Crippen LogP contribution is 2.35. The molecule has 1 aliphatic carbocycles. The molecular weight excluding hydrogens is 260 g/mol. The summed E-state index contributed by atoms with van der Waals surface area (Å²) in [6, 6.07) is 5.14. The van der Waals surface area contributed by atoms with E-state index in [0.717, 1.165) is 43.2 Å². The molecule has 0 radical (unpaired) electrons. The number of fused-ring (bicyclic) bond motifs is 2. The number of aryl methyl sites for hydroxylation is 2. The number of nitriles is 1. The minimum absolute atomic E-state index is 0.648. The van der Waals surface area contributed by atoms with Gasteiger partial charge in [0.15, 0.2) is 0 Å². The summed E-state index contributed by atoms with van der Waals surface area (Å²) in [6.45, 7) is 3.31. The Balaban J connectivity index is 1.67. The largest absolute Gasteiger partial charge is 0.354 e. The zero-order chi connectivity index (χ0) is 14.4. The summed E-state index contributed by atoms with van der Waals surface area (Å²) >= 11 is 0. The van der Waals surface area contributed by atoms with Crippen LogP contribution < -0.4 is 4.90 Å². The van der Waals surface area contributed by atoms with E-state index in [1.807, 2.05) is 0 Å². The van der Waals surface area contributed by atoms with Crippen molar-refractivity contribution in [3.8, 4) is 6.07 Å². The number of anilines is 1. The Morgan fingerprint density at radius 3 is 2.95 bits per heavy atom. The summed E-state index contributed by atoms with van der Waals surface area (Å²) in [5.41, 5.74) is 3.32. The first-order valence-corrected chi connectivity index (χ1v) is 8.14. The molecule has 0 saturated carbocycles. The van der Waals surface area contributed by atoms with Crippen molar-refractivity contribution in [2.24, 2.45) is 5.92 Å². The molecule has 0 amide bonds. The van der Waals surface area contributed by atoms with Gasteiger partial charge in [-0.05, 0) is 63.2 Å². The second kappa shape index (κ2) is 4.99. The van der Waals surface area contributed by atoms with Crippen LogP contribution in [-0.2, 0) is 12.8 Å². The maximum atomic E-state index is 9.51. The van der Waals surface area contributed by atoms with Gasteiger partial charge in [0.05, 0.1) is 5.56 Å². The lowest BCUT2D eigenvalue weighted by atomic mass is 9.95. The lowest BCUT2D eigenvalue weighted by Gasteiger charge is -2.24. The first-order chi connectivity index (χ1) is 10.3. The van der Waals surface area contributed by atoms with Crippen LogP contribution in [0.4, 0.5) is 5.82 Å². The van der Waals surface area contributed by atoms with Gasteiger partial charge < -0.3 is 9.80 Å². The second-order valence-corrected chi connectivity index (χ2v) is 6.79. The van der Waals surface area contributed by atoms with E-state index < -0.39 is 0 Å². The zero-order valence-electron chi connectivity index (χ0n) is 12.7. The second-order valence-electron chi connectivity index (χ2n) is 6.79. The molecule has 4 nitrogen and oxygen atoms in total. The summed E-state index contributed by atoms with van der Waals surface area (Å²) in [4.78, 5) is 9.73. The molecule has 1 aromatic heterocycles. The highest BCUT2D eigenvalue weighted by Gasteiger charge is 2.40. The molecule has 4 heteroatoms. The van der Waals surface area contributed by atoms with Gasteiger partial charge >= 0.3 is 0 Å². The Kier molecular flexibility index (Phi) is 3.11. The number of hydrogen-bond donors (Lipinski definition) is 0. The molecule has 2 saturated heterocycles. The van der Waals surface area contributed by atoms with Crippen LogP contribution in [0.2, 0.25) is 0 Å². The Bertz CT molecular complexity index is 604. The first-order valence-electron chi connectivity index (χ1n) is 8.14. The maximum absolute atomic E-state index is 9.51. The molecule has 0 aromatic carbocycles. The first kappa shape index (κ1) is 13.1. The van der Waals surface area contributed by atoms with E-state index in [1.165, 1.54) is 37.1 Å². The van der Waals surface area contributed by atoms with E-state index in [0.29, 0.717) is 6.04 Å². The topological polar surface area (TPSA) is 43.2 Å². The fourth-order valence-corrected chi connectivity index (χ4v) is 4.29. The highest BCUT2D eigenvalue weighted by molar-refractivity contribution is 5.57. The molecule has 0 bridgehead atoms. The van der Waals surface area contributed by atoms with Crippen LogP contribution in [0.15, 0.2) is 6.07 Å². The molecule has 21 heavy (non-hydrogen) atoms. The molecule has 0 unspecified atom stereocenters. The van der Waals surface area contributed by atoms with Gasteiger partial charge in [0.1, 0.15) is 11.9 Å². The van der Waals surface area contributed by atoms with Crippen molar-refractivity contribution in [3.63, 3.8) is 0 Å². The summed E-state index contributed by atoms with van der Waals surface area (Å²) in [5.74, 6) is 1.69. The molecule has 1 aromatic rings. The van der Waals surface area contributed by atoms with Gasteiger partial charge in [-0.3, -0.25) is 0 Å². The van der Waals surface area contributed by atoms with Crippen molar-refractivity contribution in [1.29, 1.82) is 5.26 Å². The third-order valence-electron chi connectivity index (χ3n) is 5.53. The smallest absolute Gasteiger partial charge is 0.146 e. The fraction of sp³-hybridized carbons (Fsp3) is 0.647. The van der Waals surface area contributed by atoms with E-state index in [9.17, 15) is 5.26 Å². The molecule has 4 rings (SSSR count). The predicted octanol–water partition coefficient (Wildman–Crippen LogP) is 1.97. The molecular formula is C17H22N4. The minimum Gasteiger partial charge on any atom is -0.354 e. The predicted molar refractivity (Wildman–Crippen MR) is 82.3 cm³/mol. The number of likely N-dealkylation sites (N-methyl/N-ethyl adjacent to an activating group) is 1. The summed E-state index contributed by atoms with van der Waals surface area (Å²) in [6.07, 6.45) is 5.92. The third-order valence-corrected chi connectivity index (χ3v) is 5.53. The van der Waals surface area contributed by atoms with Crippen molar-refractivity contribution in [1.82, 2.24) is 9.88 Å². The minimum atomic E-state index is 0.648. The Hall–Kier alpha value is -1.60. The van der Waals surface area contributed by atoms with Crippen molar-refractivity contribution in [3.05, 3.63) is 22.9 Å². The van der Waals surface area contributed by atoms with E-state index in [4.69, 9.17) is 4.98 Å². The fourth-order valence-electron chi connectivity index (χ4n) is 4.29. The van der Waals surface area contributed by atoms with Gasteiger partial charge in [-0.2, -0.15) is 5.26 Å². The van der Waals surface area contributed by atoms with E-state index in [1.54, 1.807) is 0 Å². The van der Waals surface area contributed by atoms with Crippen LogP contribution in [0.3, 0.4) is 0 Å². The molecule has 0 spiro atoms. The molecule has 3 aliphatic rings. The lowest BCUT2D eigenvalue weighted by Crippen LogP contribution is -2.32. The molecule has 2 fully saturated rings. The van der Waals surface area contributed by atoms with Crippen LogP contribution in [0.25, 0.3) is 0 Å². The lowest BCUT2D eigenvalue weighted by molar-refractivity contribution is 0.310. The Morgan fingerprint density at radius 1 is 1.29 bits per heavy atom. The van der Waals surface area contributed by atoms with Crippen LogP contribution >= 0.6 is 0 Å². The number of aromatic nitrogens is 1. The van der Waals surface area contributed by atoms with E-state index >= 15 is 0 Å². The molecule has 3 heterocycles. The zero-order valence-corrected chi connectivity index (χ0v) is 12.7. The quantitative estimate of drug-likeness (QED) is 0.790. The number of rotatable bonds is 1. The normalized spacial score (nSPS) is 28.3. The molecule has 2 atom stereocenters. The summed E-state index contributed by atoms with van der Waals surface area (Å²) in [5, 5.41) is 9.51. The van der Waals surface area contributed by atoms with E-state index in [-0.39, 0.29) is 0 Å². The van der Waals surface area contributed by atoms with Gasteiger partial charge in [0.25, 0.3) is 0 Å². The maximum Gasteiger partial charge on any atom is 0.146 e. The van der Waals surface area contributed by atoms with Gasteiger partial charge in [0.2, 0.25) is 0 Å². The Labute approximate surface area is 126 Å². The highest BCUT2D eigenvalue weighted by atomic mass is 15.3. The van der Waals surface area contributed by atoms with Crippen LogP contribution in [0, 0.1) is 17.2 Å². The van der Waals surface area contributed by atoms with Crippen molar-refractivity contribution in [2.75, 3.05) is 31.6 Å². The van der Waals surface area contributed by atoms with Gasteiger partial charge in [-0.1, -0.05) is 0 Å². The van der Waals surface area contributed by atoms with Crippen molar-refractivity contribution < 1.29 is 0 Å². The number of likely N-dealkylation sites (tertiary alicyclic amines) is 1. The van der Waals surface area contributed by atoms with Crippen LogP contribution in [0.1, 0.15) is 36.1 Å². The number of nitrogens with zero attached hydrogens (tertiary/aromatic N) is 4. The Morgan fingerprint density at radius 2 is 2.14 bits per heavy atom. The van der Waals surface area contributed by atoms with Crippen LogP contribution in [0.5, 0.6) is 0 Å². The summed E-state index contributed by atoms with van der Waals surface area (Å²) < 4.78 is 0. The van der Waals surface area contributed by atoms with Gasteiger partial charge in [-0.25, -0.2) is 4.98 Å². The van der Waals surface area contributed by atoms with Crippen molar-refractivity contribution >= 4 is 5.82 Å². The standard InChI is InChI=1S/C17H22N4/c1-20-7-6-13-10-21(11-16(13)20)17-14(9-18)8-12-4-2-3-5-15(12)19-17/h8,13,16H,2-7,10-11H2,1H3/t13-,16+/m1/s1. The molecule has 110 valence electrons. The number of hydrogen-bond acceptors (Lipinski definition) is 4. The average Bonchev–Trinajstić information content (AvgIpc) is 3.08. The number of pyridine rings is 1. The van der Waals surface area contributed by atoms with Crippen LogP contribution in [-0.4, -0.2) is 42.6 Å². The monoisotopic (exact) mass is 282 g/mol. The summed E-state index contributed by atoms with van der Waals surface area (Å²) in [7, 11) is 2.22. The third kappa shape index (κ3) is 2.11.